The molecule has 0 saturated heterocycles. The van der Waals surface area contributed by atoms with Crippen LogP contribution in [0.15, 0.2) is 22.7 Å². The summed E-state index contributed by atoms with van der Waals surface area (Å²) in [7, 11) is 0. The van der Waals surface area contributed by atoms with Gasteiger partial charge in [0.25, 0.3) is 0 Å². The molecule has 0 aliphatic carbocycles. The monoisotopic (exact) mass is 300 g/mol. The quantitative estimate of drug-likeness (QED) is 0.896. The van der Waals surface area contributed by atoms with Gasteiger partial charge in [-0.05, 0) is 24.4 Å². The van der Waals surface area contributed by atoms with E-state index in [4.69, 9.17) is 5.11 Å². The highest BCUT2D eigenvalue weighted by atomic mass is 79.9. The van der Waals surface area contributed by atoms with E-state index in [0.29, 0.717) is 5.56 Å². The second-order valence-electron chi connectivity index (χ2n) is 3.45. The molecule has 2 N–H and O–H groups in total. The average molecular weight is 301 g/mol. The summed E-state index contributed by atoms with van der Waals surface area (Å²) in [6, 6.07) is 5.59. The molecule has 5 heteroatoms. The van der Waals surface area contributed by atoms with E-state index in [0.717, 1.165) is 19.4 Å². The third kappa shape index (κ3) is 1.86. The van der Waals surface area contributed by atoms with Gasteiger partial charge in [-0.15, -0.1) is 11.3 Å². The van der Waals surface area contributed by atoms with E-state index >= 15 is 0 Å². The summed E-state index contributed by atoms with van der Waals surface area (Å²) in [6.45, 7) is 1.82. The number of aliphatic hydroxyl groups is 1. The first-order chi connectivity index (χ1) is 7.50. The zero-order valence-corrected chi connectivity index (χ0v) is 10.8. The van der Waals surface area contributed by atoms with E-state index < -0.39 is 12.1 Å². The fraction of sp³-hybridized carbons (Fsp3) is 0.182. The van der Waals surface area contributed by atoms with Crippen molar-refractivity contribution in [1.82, 2.24) is 0 Å². The molecule has 1 aromatic heterocycles. The van der Waals surface area contributed by atoms with E-state index in [1.165, 1.54) is 11.3 Å². The predicted molar refractivity (Wildman–Crippen MR) is 66.9 cm³/mol. The van der Waals surface area contributed by atoms with Crippen molar-refractivity contribution >= 4 is 43.3 Å². The van der Waals surface area contributed by atoms with Crippen molar-refractivity contribution in [2.75, 3.05) is 0 Å². The molecule has 16 heavy (non-hydrogen) atoms. The first-order valence-corrected chi connectivity index (χ1v) is 6.21. The summed E-state index contributed by atoms with van der Waals surface area (Å²) < 4.78 is 1.92. The number of fused-ring (bicyclic) bond motifs is 1. The molecule has 84 valence electrons. The normalized spacial score (nSPS) is 12.9. The summed E-state index contributed by atoms with van der Waals surface area (Å²) in [5.41, 5.74) is 0.500. The van der Waals surface area contributed by atoms with Crippen molar-refractivity contribution in [2.45, 2.75) is 13.0 Å². The Bertz CT molecular complexity index is 562. The molecule has 2 rings (SSSR count). The molecule has 2 aromatic rings. The molecule has 0 radical (unpaired) electrons. The number of benzene rings is 1. The van der Waals surface area contributed by atoms with Crippen molar-refractivity contribution in [1.29, 1.82) is 0 Å². The minimum atomic E-state index is -1.45. The highest BCUT2D eigenvalue weighted by Gasteiger charge is 2.22. The van der Waals surface area contributed by atoms with Crippen molar-refractivity contribution in [3.05, 3.63) is 33.1 Å². The van der Waals surface area contributed by atoms with E-state index in [-0.39, 0.29) is 0 Å². The van der Waals surface area contributed by atoms with Gasteiger partial charge >= 0.3 is 5.97 Å². The number of carbonyl (C=O) groups is 1. The van der Waals surface area contributed by atoms with Gasteiger partial charge in [-0.3, -0.25) is 0 Å². The fourth-order valence-corrected chi connectivity index (χ4v) is 3.32. The Balaban J connectivity index is 2.69. The van der Waals surface area contributed by atoms with Crippen LogP contribution >= 0.6 is 27.3 Å². The lowest BCUT2D eigenvalue weighted by molar-refractivity contribution is -0.146. The Morgan fingerprint density at radius 2 is 2.19 bits per heavy atom. The van der Waals surface area contributed by atoms with E-state index in [9.17, 15) is 9.90 Å². The average Bonchev–Trinajstić information content (AvgIpc) is 2.51. The van der Waals surface area contributed by atoms with Gasteiger partial charge in [0.2, 0.25) is 0 Å². The molecule has 1 aromatic carbocycles. The smallest absolute Gasteiger partial charge is 0.337 e. The summed E-state index contributed by atoms with van der Waals surface area (Å²) in [6.07, 6.45) is -1.45. The molecule has 1 heterocycles. The molecular formula is C11H9BrO3S. The standard InChI is InChI=1S/C11H9BrO3S/c1-5-9(10(13)11(14)15)7-3-2-6(12)4-8(7)16-5/h2-4,10,13H,1H3,(H,14,15). The number of hydrogen-bond donors (Lipinski definition) is 2. The topological polar surface area (TPSA) is 57.5 Å². The van der Waals surface area contributed by atoms with Gasteiger partial charge in [0, 0.05) is 19.6 Å². The Morgan fingerprint density at radius 1 is 1.50 bits per heavy atom. The van der Waals surface area contributed by atoms with Crippen molar-refractivity contribution in [2.24, 2.45) is 0 Å². The summed E-state index contributed by atoms with van der Waals surface area (Å²) in [5, 5.41) is 19.3. The molecule has 1 unspecified atom stereocenters. The van der Waals surface area contributed by atoms with Gasteiger partial charge in [0.05, 0.1) is 0 Å². The van der Waals surface area contributed by atoms with E-state index in [2.05, 4.69) is 15.9 Å². The van der Waals surface area contributed by atoms with E-state index in [1.807, 2.05) is 25.1 Å². The zero-order valence-electron chi connectivity index (χ0n) is 8.40. The Hall–Kier alpha value is -0.910. The minimum Gasteiger partial charge on any atom is -0.479 e. The SMILES string of the molecule is Cc1sc2cc(Br)ccc2c1C(O)C(=O)O. The van der Waals surface area contributed by atoms with Crippen LogP contribution in [0.5, 0.6) is 0 Å². The number of carboxylic acid groups (broad SMARTS) is 1. The molecule has 0 fully saturated rings. The summed E-state index contributed by atoms with van der Waals surface area (Å²) >= 11 is 4.85. The van der Waals surface area contributed by atoms with Crippen LogP contribution in [0.2, 0.25) is 0 Å². The molecular weight excluding hydrogens is 292 g/mol. The van der Waals surface area contributed by atoms with Crippen LogP contribution in [-0.2, 0) is 4.79 Å². The first kappa shape index (κ1) is 11.6. The maximum atomic E-state index is 10.8. The number of hydrogen-bond acceptors (Lipinski definition) is 3. The largest absolute Gasteiger partial charge is 0.479 e. The van der Waals surface area contributed by atoms with Gasteiger partial charge < -0.3 is 10.2 Å². The molecule has 3 nitrogen and oxygen atoms in total. The molecule has 0 aliphatic heterocycles. The number of carboxylic acids is 1. The molecule has 1 atom stereocenters. The van der Waals surface area contributed by atoms with E-state index in [1.54, 1.807) is 0 Å². The number of aliphatic hydroxyl groups excluding tert-OH is 1. The Kier molecular flexibility index (Phi) is 3.01. The van der Waals surface area contributed by atoms with Gasteiger partial charge in [-0.1, -0.05) is 22.0 Å². The molecule has 0 amide bonds. The van der Waals surface area contributed by atoms with Gasteiger partial charge in [0.15, 0.2) is 6.10 Å². The first-order valence-electron chi connectivity index (χ1n) is 4.60. The van der Waals surface area contributed by atoms with Gasteiger partial charge in [-0.25, -0.2) is 4.79 Å². The number of aryl methyl sites for hydroxylation is 1. The second kappa shape index (κ2) is 4.16. The number of aliphatic carboxylic acids is 1. The van der Waals surface area contributed by atoms with Crippen LogP contribution < -0.4 is 0 Å². The molecule has 0 saturated carbocycles. The number of thiophene rings is 1. The lowest BCUT2D eigenvalue weighted by Gasteiger charge is -2.05. The van der Waals surface area contributed by atoms with Gasteiger partial charge in [0.1, 0.15) is 0 Å². The third-order valence-electron chi connectivity index (χ3n) is 2.38. The second-order valence-corrected chi connectivity index (χ2v) is 5.63. The van der Waals surface area contributed by atoms with Crippen molar-refractivity contribution in [3.8, 4) is 0 Å². The highest BCUT2D eigenvalue weighted by molar-refractivity contribution is 9.10. The van der Waals surface area contributed by atoms with Crippen LogP contribution in [0, 0.1) is 6.92 Å². The third-order valence-corrected chi connectivity index (χ3v) is 3.96. The maximum absolute atomic E-state index is 10.8. The number of rotatable bonds is 2. The molecule has 0 bridgehead atoms. The highest BCUT2D eigenvalue weighted by Crippen LogP contribution is 2.36. The fourth-order valence-electron chi connectivity index (χ4n) is 1.68. The van der Waals surface area contributed by atoms with Crippen LogP contribution in [-0.4, -0.2) is 16.2 Å². The van der Waals surface area contributed by atoms with Crippen molar-refractivity contribution < 1.29 is 15.0 Å². The Morgan fingerprint density at radius 3 is 2.81 bits per heavy atom. The predicted octanol–water partition coefficient (Wildman–Crippen LogP) is 3.09. The molecule has 0 spiro atoms. The molecule has 0 aliphatic rings. The Labute approximate surface area is 104 Å². The van der Waals surface area contributed by atoms with Crippen molar-refractivity contribution in [3.63, 3.8) is 0 Å². The lowest BCUT2D eigenvalue weighted by Crippen LogP contribution is -2.10. The van der Waals surface area contributed by atoms with Crippen LogP contribution in [0.3, 0.4) is 0 Å². The maximum Gasteiger partial charge on any atom is 0.337 e. The van der Waals surface area contributed by atoms with Gasteiger partial charge in [-0.2, -0.15) is 0 Å². The van der Waals surface area contributed by atoms with Crippen LogP contribution in [0.25, 0.3) is 10.1 Å². The zero-order chi connectivity index (χ0) is 11.9. The lowest BCUT2D eigenvalue weighted by atomic mass is 10.1. The summed E-state index contributed by atoms with van der Waals surface area (Å²) in [5.74, 6) is -1.22. The number of halogens is 1. The minimum absolute atomic E-state index is 0.500. The van der Waals surface area contributed by atoms with Crippen LogP contribution in [0.4, 0.5) is 0 Å². The summed E-state index contributed by atoms with van der Waals surface area (Å²) in [4.78, 5) is 11.6. The van der Waals surface area contributed by atoms with Crippen LogP contribution in [0.1, 0.15) is 16.5 Å².